The van der Waals surface area contributed by atoms with Crippen molar-refractivity contribution in [1.29, 1.82) is 0 Å². The molecule has 1 heterocycles. The Balaban J connectivity index is 2.00. The maximum absolute atomic E-state index is 3.85. The lowest BCUT2D eigenvalue weighted by Gasteiger charge is -2.33. The van der Waals surface area contributed by atoms with Crippen molar-refractivity contribution in [3.05, 3.63) is 10.8 Å². The monoisotopic (exact) mass is 512 g/mol. The molecule has 2 nitrogen and oxygen atoms in total. The second-order valence-electron chi connectivity index (χ2n) is 10.1. The van der Waals surface area contributed by atoms with Gasteiger partial charge in [0.2, 0.25) is 0 Å². The van der Waals surface area contributed by atoms with Crippen LogP contribution in [0.4, 0.5) is 0 Å². The Labute approximate surface area is 211 Å². The molecule has 0 fully saturated rings. The second-order valence-corrected chi connectivity index (χ2v) is 10.9. The van der Waals surface area contributed by atoms with Crippen LogP contribution in [0.3, 0.4) is 0 Å². The maximum atomic E-state index is 3.85. The van der Waals surface area contributed by atoms with Crippen molar-refractivity contribution in [2.75, 3.05) is 13.1 Å². The first-order valence-corrected chi connectivity index (χ1v) is 15.4. The number of hydrogen-bond donors (Lipinski definition) is 0. The largest absolute Gasteiger partial charge is 0.355 e. The summed E-state index contributed by atoms with van der Waals surface area (Å²) in [4.78, 5) is 5.20. The van der Waals surface area contributed by atoms with Crippen LogP contribution in [0.2, 0.25) is 0 Å². The SMILES string of the molecule is CCCCCCCCCCCCCCCCN1C=C(Br)N(CCCCCCCC)C1CC. The van der Waals surface area contributed by atoms with E-state index in [-0.39, 0.29) is 0 Å². The molecule has 0 aromatic heterocycles. The van der Waals surface area contributed by atoms with E-state index in [1.165, 1.54) is 153 Å². The summed E-state index contributed by atoms with van der Waals surface area (Å²) in [5.41, 5.74) is 0. The van der Waals surface area contributed by atoms with Crippen molar-refractivity contribution in [3.63, 3.8) is 0 Å². The van der Waals surface area contributed by atoms with E-state index < -0.39 is 0 Å². The first kappa shape index (κ1) is 29.9. The van der Waals surface area contributed by atoms with Gasteiger partial charge in [0, 0.05) is 19.3 Å². The fourth-order valence-electron chi connectivity index (χ4n) is 5.09. The van der Waals surface area contributed by atoms with Gasteiger partial charge in [-0.1, -0.05) is 136 Å². The first-order chi connectivity index (χ1) is 15.7. The van der Waals surface area contributed by atoms with E-state index in [1.54, 1.807) is 0 Å². The molecule has 1 aliphatic heterocycles. The van der Waals surface area contributed by atoms with Crippen LogP contribution >= 0.6 is 15.9 Å². The number of rotatable bonds is 23. The Bertz CT molecular complexity index is 437. The zero-order valence-electron chi connectivity index (χ0n) is 22.2. The molecule has 0 bridgehead atoms. The molecule has 3 heteroatoms. The molecule has 0 spiro atoms. The van der Waals surface area contributed by atoms with Crippen molar-refractivity contribution in [2.45, 2.75) is 162 Å². The standard InChI is InChI=1S/C29H57BrN2/c1-4-7-9-11-13-14-15-16-17-18-19-20-21-23-25-31-27-28(30)32(29(31)6-3)26-24-22-12-10-8-5-2/h27,29H,4-26H2,1-3H3. The Morgan fingerprint density at radius 2 is 0.938 bits per heavy atom. The number of halogens is 1. The minimum atomic E-state index is 0.571. The molecule has 190 valence electrons. The summed E-state index contributed by atoms with van der Waals surface area (Å²) >= 11 is 3.85. The summed E-state index contributed by atoms with van der Waals surface area (Å²) in [5, 5.41) is 0. The Morgan fingerprint density at radius 3 is 1.34 bits per heavy atom. The Hall–Kier alpha value is -0.180. The summed E-state index contributed by atoms with van der Waals surface area (Å²) < 4.78 is 1.31. The van der Waals surface area contributed by atoms with Crippen LogP contribution in [-0.4, -0.2) is 29.1 Å². The molecule has 0 aromatic carbocycles. The van der Waals surface area contributed by atoms with E-state index in [0.29, 0.717) is 6.17 Å². The molecular weight excluding hydrogens is 456 g/mol. The minimum Gasteiger partial charge on any atom is -0.355 e. The number of hydrogen-bond acceptors (Lipinski definition) is 2. The van der Waals surface area contributed by atoms with Gasteiger partial charge in [-0.3, -0.25) is 0 Å². The van der Waals surface area contributed by atoms with Crippen LogP contribution in [0.1, 0.15) is 156 Å². The van der Waals surface area contributed by atoms with Crippen LogP contribution in [0, 0.1) is 0 Å². The molecule has 0 aliphatic carbocycles. The third-order valence-corrected chi connectivity index (χ3v) is 7.84. The lowest BCUT2D eigenvalue weighted by Crippen LogP contribution is -2.39. The van der Waals surface area contributed by atoms with Gasteiger partial charge in [-0.15, -0.1) is 0 Å². The van der Waals surface area contributed by atoms with Gasteiger partial charge in [0.1, 0.15) is 6.17 Å². The first-order valence-electron chi connectivity index (χ1n) is 14.6. The van der Waals surface area contributed by atoms with Crippen molar-refractivity contribution < 1.29 is 0 Å². The normalized spacial score (nSPS) is 16.2. The topological polar surface area (TPSA) is 6.48 Å². The van der Waals surface area contributed by atoms with Crippen LogP contribution < -0.4 is 0 Å². The van der Waals surface area contributed by atoms with Gasteiger partial charge in [-0.2, -0.15) is 0 Å². The van der Waals surface area contributed by atoms with Gasteiger partial charge in [0.05, 0.1) is 4.61 Å². The fourth-order valence-corrected chi connectivity index (χ4v) is 5.77. The molecule has 0 amide bonds. The van der Waals surface area contributed by atoms with Crippen LogP contribution in [0.25, 0.3) is 0 Å². The molecule has 1 aliphatic rings. The lowest BCUT2D eigenvalue weighted by atomic mass is 10.0. The Kier molecular flexibility index (Phi) is 19.9. The summed E-state index contributed by atoms with van der Waals surface area (Å²) in [5.74, 6) is 0. The maximum Gasteiger partial charge on any atom is 0.101 e. The summed E-state index contributed by atoms with van der Waals surface area (Å²) in [6.45, 7) is 9.37. The summed E-state index contributed by atoms with van der Waals surface area (Å²) in [6.07, 6.45) is 32.5. The highest BCUT2D eigenvalue weighted by Crippen LogP contribution is 2.29. The molecule has 0 N–H and O–H groups in total. The molecule has 0 saturated heterocycles. The van der Waals surface area contributed by atoms with Gasteiger partial charge in [0.15, 0.2) is 0 Å². The van der Waals surface area contributed by atoms with Gasteiger partial charge in [0.25, 0.3) is 0 Å². The second kappa shape index (κ2) is 21.4. The summed E-state index contributed by atoms with van der Waals surface area (Å²) in [6, 6.07) is 0. The molecular formula is C29H57BrN2. The van der Waals surface area contributed by atoms with Crippen molar-refractivity contribution in [3.8, 4) is 0 Å². The third-order valence-electron chi connectivity index (χ3n) is 7.18. The zero-order valence-corrected chi connectivity index (χ0v) is 23.8. The number of unbranched alkanes of at least 4 members (excludes halogenated alkanes) is 18. The highest BCUT2D eigenvalue weighted by atomic mass is 79.9. The van der Waals surface area contributed by atoms with Gasteiger partial charge >= 0.3 is 0 Å². The highest BCUT2D eigenvalue weighted by Gasteiger charge is 2.28. The molecule has 32 heavy (non-hydrogen) atoms. The molecule has 1 unspecified atom stereocenters. The van der Waals surface area contributed by atoms with Gasteiger partial charge in [-0.25, -0.2) is 0 Å². The van der Waals surface area contributed by atoms with Crippen molar-refractivity contribution in [2.24, 2.45) is 0 Å². The average molecular weight is 514 g/mol. The quantitative estimate of drug-likeness (QED) is 0.0990. The molecule has 0 saturated carbocycles. The fraction of sp³-hybridized carbons (Fsp3) is 0.931. The molecule has 1 rings (SSSR count). The number of nitrogens with zero attached hydrogens (tertiary/aromatic N) is 2. The van der Waals surface area contributed by atoms with E-state index in [9.17, 15) is 0 Å². The highest BCUT2D eigenvalue weighted by molar-refractivity contribution is 9.11. The van der Waals surface area contributed by atoms with Crippen LogP contribution in [0.5, 0.6) is 0 Å². The lowest BCUT2D eigenvalue weighted by molar-refractivity contribution is 0.142. The third kappa shape index (κ3) is 14.2. The van der Waals surface area contributed by atoms with E-state index in [4.69, 9.17) is 0 Å². The molecule has 0 aromatic rings. The summed E-state index contributed by atoms with van der Waals surface area (Å²) in [7, 11) is 0. The predicted octanol–water partition coefficient (Wildman–Crippen LogP) is 10.4. The van der Waals surface area contributed by atoms with Gasteiger partial charge < -0.3 is 9.80 Å². The smallest absolute Gasteiger partial charge is 0.101 e. The van der Waals surface area contributed by atoms with Crippen LogP contribution in [0.15, 0.2) is 10.8 Å². The predicted molar refractivity (Wildman–Crippen MR) is 148 cm³/mol. The van der Waals surface area contributed by atoms with Crippen LogP contribution in [-0.2, 0) is 0 Å². The van der Waals surface area contributed by atoms with Crippen molar-refractivity contribution >= 4 is 15.9 Å². The molecule has 0 radical (unpaired) electrons. The van der Waals surface area contributed by atoms with E-state index in [0.717, 1.165) is 0 Å². The van der Waals surface area contributed by atoms with E-state index >= 15 is 0 Å². The molecule has 1 atom stereocenters. The van der Waals surface area contributed by atoms with Crippen molar-refractivity contribution in [1.82, 2.24) is 9.80 Å². The zero-order chi connectivity index (χ0) is 23.3. The average Bonchev–Trinajstić information content (AvgIpc) is 3.10. The van der Waals surface area contributed by atoms with E-state index in [2.05, 4.69) is 52.7 Å². The minimum absolute atomic E-state index is 0.571. The van der Waals surface area contributed by atoms with E-state index in [1.807, 2.05) is 0 Å². The Morgan fingerprint density at radius 1 is 0.562 bits per heavy atom. The van der Waals surface area contributed by atoms with Gasteiger partial charge in [-0.05, 0) is 35.2 Å².